The van der Waals surface area contributed by atoms with Crippen LogP contribution in [0.2, 0.25) is 0 Å². The van der Waals surface area contributed by atoms with Crippen LogP contribution >= 0.6 is 0 Å². The van der Waals surface area contributed by atoms with E-state index in [1.54, 1.807) is 4.68 Å². The fraction of sp³-hybridized carbons (Fsp3) is 0.778. The van der Waals surface area contributed by atoms with Gasteiger partial charge in [0.15, 0.2) is 0 Å². The van der Waals surface area contributed by atoms with Crippen molar-refractivity contribution >= 4 is 0 Å². The number of hydrogen-bond acceptors (Lipinski definition) is 4. The van der Waals surface area contributed by atoms with Crippen molar-refractivity contribution in [2.45, 2.75) is 32.7 Å². The van der Waals surface area contributed by atoms with Gasteiger partial charge in [0.05, 0.1) is 5.69 Å². The van der Waals surface area contributed by atoms with Gasteiger partial charge < -0.3 is 0 Å². The van der Waals surface area contributed by atoms with Crippen molar-refractivity contribution in [2.24, 2.45) is 18.8 Å². The summed E-state index contributed by atoms with van der Waals surface area (Å²) in [7, 11) is 1.87. The summed E-state index contributed by atoms with van der Waals surface area (Å²) in [5.41, 5.74) is 3.82. The third-order valence-corrected chi connectivity index (χ3v) is 2.62. The molecule has 0 aliphatic carbocycles. The smallest absolute Gasteiger partial charge is 0.0843 e. The molecule has 1 aromatic rings. The van der Waals surface area contributed by atoms with Gasteiger partial charge in [0.25, 0.3) is 0 Å². The Labute approximate surface area is 84.6 Å². The highest BCUT2D eigenvalue weighted by Crippen LogP contribution is 2.10. The van der Waals surface area contributed by atoms with Gasteiger partial charge in [0.1, 0.15) is 0 Å². The Kier molecular flexibility index (Phi) is 4.03. The number of nitrogens with two attached hydrogens (primary N) is 1. The highest BCUT2D eigenvalue weighted by molar-refractivity contribution is 4.96. The first kappa shape index (κ1) is 11.1. The number of nitrogens with zero attached hydrogens (tertiary/aromatic N) is 3. The Morgan fingerprint density at radius 2 is 2.36 bits per heavy atom. The minimum Gasteiger partial charge on any atom is -0.271 e. The molecule has 0 bridgehead atoms. The molecule has 0 aromatic carbocycles. The topological polar surface area (TPSA) is 68.8 Å². The van der Waals surface area contributed by atoms with E-state index in [1.807, 2.05) is 13.2 Å². The molecule has 0 saturated carbocycles. The van der Waals surface area contributed by atoms with Crippen LogP contribution in [0.4, 0.5) is 0 Å². The predicted octanol–water partition coefficient (Wildman–Crippen LogP) is 0.236. The summed E-state index contributed by atoms with van der Waals surface area (Å²) >= 11 is 0. The molecule has 3 N–H and O–H groups in total. The van der Waals surface area contributed by atoms with Crippen LogP contribution in [0, 0.1) is 5.92 Å². The van der Waals surface area contributed by atoms with Gasteiger partial charge in [-0.2, -0.15) is 0 Å². The van der Waals surface area contributed by atoms with Crippen LogP contribution in [0.5, 0.6) is 0 Å². The Morgan fingerprint density at radius 1 is 1.64 bits per heavy atom. The van der Waals surface area contributed by atoms with E-state index in [2.05, 4.69) is 29.6 Å². The van der Waals surface area contributed by atoms with Crippen LogP contribution in [0.15, 0.2) is 6.20 Å². The first-order chi connectivity index (χ1) is 6.67. The SMILES string of the molecule is CCC(C)C(Cc1cn(C)nn1)NN. The molecule has 0 fully saturated rings. The Balaban J connectivity index is 2.56. The van der Waals surface area contributed by atoms with Gasteiger partial charge in [0, 0.05) is 25.7 Å². The molecule has 0 radical (unpaired) electrons. The van der Waals surface area contributed by atoms with Crippen LogP contribution in [-0.2, 0) is 13.5 Å². The molecule has 1 rings (SSSR count). The normalized spacial score (nSPS) is 15.4. The minimum atomic E-state index is 0.275. The van der Waals surface area contributed by atoms with Crippen LogP contribution in [-0.4, -0.2) is 21.0 Å². The van der Waals surface area contributed by atoms with Gasteiger partial charge in [-0.3, -0.25) is 16.0 Å². The molecule has 14 heavy (non-hydrogen) atoms. The standard InChI is InChI=1S/C9H19N5/c1-4-7(2)9(11-10)5-8-6-14(3)13-12-8/h6-7,9,11H,4-5,10H2,1-3H3. The van der Waals surface area contributed by atoms with Crippen LogP contribution in [0.3, 0.4) is 0 Å². The minimum absolute atomic E-state index is 0.275. The van der Waals surface area contributed by atoms with E-state index in [1.165, 1.54) is 0 Å². The fourth-order valence-corrected chi connectivity index (χ4v) is 1.42. The summed E-state index contributed by atoms with van der Waals surface area (Å²) in [5, 5.41) is 7.92. The summed E-state index contributed by atoms with van der Waals surface area (Å²) in [6.07, 6.45) is 3.86. The third kappa shape index (κ3) is 2.78. The van der Waals surface area contributed by atoms with Crippen molar-refractivity contribution in [1.29, 1.82) is 0 Å². The lowest BCUT2D eigenvalue weighted by Crippen LogP contribution is -2.41. The van der Waals surface area contributed by atoms with Gasteiger partial charge in [-0.1, -0.05) is 25.5 Å². The molecular weight excluding hydrogens is 178 g/mol. The second-order valence-electron chi connectivity index (χ2n) is 3.75. The van der Waals surface area contributed by atoms with E-state index in [-0.39, 0.29) is 6.04 Å². The van der Waals surface area contributed by atoms with Crippen molar-refractivity contribution in [1.82, 2.24) is 20.4 Å². The number of rotatable bonds is 5. The average Bonchev–Trinajstić information content (AvgIpc) is 2.59. The van der Waals surface area contributed by atoms with Gasteiger partial charge in [-0.15, -0.1) is 5.10 Å². The van der Waals surface area contributed by atoms with Gasteiger partial charge in [0.2, 0.25) is 0 Å². The van der Waals surface area contributed by atoms with E-state index in [0.717, 1.165) is 18.5 Å². The molecule has 2 unspecified atom stereocenters. The quantitative estimate of drug-likeness (QED) is 0.524. The summed E-state index contributed by atoms with van der Waals surface area (Å²) < 4.78 is 1.71. The maximum Gasteiger partial charge on any atom is 0.0843 e. The van der Waals surface area contributed by atoms with E-state index in [0.29, 0.717) is 5.92 Å². The molecule has 5 heteroatoms. The molecule has 1 heterocycles. The van der Waals surface area contributed by atoms with Crippen molar-refractivity contribution in [3.05, 3.63) is 11.9 Å². The molecular formula is C9H19N5. The summed E-state index contributed by atoms with van der Waals surface area (Å²) in [6, 6.07) is 0.275. The molecule has 5 nitrogen and oxygen atoms in total. The lowest BCUT2D eigenvalue weighted by atomic mass is 9.96. The maximum atomic E-state index is 5.50. The second kappa shape index (κ2) is 5.07. The summed E-state index contributed by atoms with van der Waals surface area (Å²) in [5.74, 6) is 6.04. The van der Waals surface area contributed by atoms with E-state index >= 15 is 0 Å². The molecule has 1 aromatic heterocycles. The van der Waals surface area contributed by atoms with E-state index in [9.17, 15) is 0 Å². The lowest BCUT2D eigenvalue weighted by Gasteiger charge is -2.20. The Hall–Kier alpha value is -0.940. The molecule has 0 aliphatic heterocycles. The van der Waals surface area contributed by atoms with Gasteiger partial charge >= 0.3 is 0 Å². The summed E-state index contributed by atoms with van der Waals surface area (Å²) in [4.78, 5) is 0. The average molecular weight is 197 g/mol. The zero-order valence-electron chi connectivity index (χ0n) is 9.07. The fourth-order valence-electron chi connectivity index (χ4n) is 1.42. The number of nitrogens with one attached hydrogen (secondary N) is 1. The zero-order chi connectivity index (χ0) is 10.6. The summed E-state index contributed by atoms with van der Waals surface area (Å²) in [6.45, 7) is 4.34. The van der Waals surface area contributed by atoms with Gasteiger partial charge in [-0.25, -0.2) is 0 Å². The molecule has 0 aliphatic rings. The second-order valence-corrected chi connectivity index (χ2v) is 3.75. The van der Waals surface area contributed by atoms with Crippen LogP contribution in [0.25, 0.3) is 0 Å². The highest BCUT2D eigenvalue weighted by Gasteiger charge is 2.15. The van der Waals surface area contributed by atoms with E-state index in [4.69, 9.17) is 5.84 Å². The number of aryl methyl sites for hydroxylation is 1. The number of hydrogen-bond donors (Lipinski definition) is 2. The van der Waals surface area contributed by atoms with Crippen LogP contribution in [0.1, 0.15) is 26.0 Å². The Bertz CT molecular complexity index is 270. The van der Waals surface area contributed by atoms with Crippen LogP contribution < -0.4 is 11.3 Å². The maximum absolute atomic E-state index is 5.50. The highest BCUT2D eigenvalue weighted by atomic mass is 15.4. The predicted molar refractivity (Wildman–Crippen MR) is 55.3 cm³/mol. The first-order valence-corrected chi connectivity index (χ1v) is 4.98. The molecule has 0 amide bonds. The molecule has 80 valence electrons. The molecule has 0 saturated heterocycles. The van der Waals surface area contributed by atoms with E-state index < -0.39 is 0 Å². The third-order valence-electron chi connectivity index (χ3n) is 2.62. The Morgan fingerprint density at radius 3 is 2.79 bits per heavy atom. The van der Waals surface area contributed by atoms with Crippen molar-refractivity contribution in [2.75, 3.05) is 0 Å². The molecule has 2 atom stereocenters. The van der Waals surface area contributed by atoms with Crippen molar-refractivity contribution in [3.63, 3.8) is 0 Å². The monoisotopic (exact) mass is 197 g/mol. The number of aromatic nitrogens is 3. The van der Waals surface area contributed by atoms with Gasteiger partial charge in [-0.05, 0) is 5.92 Å². The van der Waals surface area contributed by atoms with Crippen molar-refractivity contribution < 1.29 is 0 Å². The largest absolute Gasteiger partial charge is 0.271 e. The zero-order valence-corrected chi connectivity index (χ0v) is 9.07. The molecule has 0 spiro atoms. The number of hydrazine groups is 1. The lowest BCUT2D eigenvalue weighted by molar-refractivity contribution is 0.367. The first-order valence-electron chi connectivity index (χ1n) is 4.98. The van der Waals surface area contributed by atoms with Crippen molar-refractivity contribution in [3.8, 4) is 0 Å².